The lowest BCUT2D eigenvalue weighted by atomic mass is 9.42. The fraction of sp³-hybridized carbons (Fsp3) is 0.667. The Kier molecular flexibility index (Phi) is 8.31. The molecule has 8 nitrogen and oxygen atoms in total. The van der Waals surface area contributed by atoms with Gasteiger partial charge in [-0.3, -0.25) is 14.4 Å². The summed E-state index contributed by atoms with van der Waals surface area (Å²) in [5.41, 5.74) is -3.07. The van der Waals surface area contributed by atoms with Gasteiger partial charge in [0.1, 0.15) is 30.2 Å². The first-order valence-electron chi connectivity index (χ1n) is 13.4. The summed E-state index contributed by atoms with van der Waals surface area (Å²) >= 11 is 0. The number of ketones is 2. The number of carbonyl (C=O) groups is 4. The van der Waals surface area contributed by atoms with E-state index >= 15 is 0 Å². The summed E-state index contributed by atoms with van der Waals surface area (Å²) in [6, 6.07) is 0. The molecule has 210 valence electrons. The van der Waals surface area contributed by atoms with Crippen molar-refractivity contribution in [1.82, 2.24) is 0 Å². The van der Waals surface area contributed by atoms with Crippen LogP contribution in [0.3, 0.4) is 0 Å². The van der Waals surface area contributed by atoms with Gasteiger partial charge in [0.25, 0.3) is 0 Å². The molecule has 3 fully saturated rings. The minimum absolute atomic E-state index is 0.0354. The van der Waals surface area contributed by atoms with E-state index in [0.29, 0.717) is 30.4 Å². The van der Waals surface area contributed by atoms with Crippen LogP contribution in [0.1, 0.15) is 73.6 Å². The third-order valence-corrected chi connectivity index (χ3v) is 9.67. The molecule has 2 N–H and O–H groups in total. The monoisotopic (exact) mass is 530 g/mol. The van der Waals surface area contributed by atoms with Gasteiger partial charge < -0.3 is 19.7 Å². The van der Waals surface area contributed by atoms with Crippen LogP contribution in [0.2, 0.25) is 0 Å². The van der Waals surface area contributed by atoms with Crippen LogP contribution in [0, 0.1) is 28.6 Å². The highest BCUT2D eigenvalue weighted by molar-refractivity contribution is 6.02. The van der Waals surface area contributed by atoms with Gasteiger partial charge in [-0.1, -0.05) is 52.5 Å². The Morgan fingerprint density at radius 3 is 2.42 bits per heavy atom. The Labute approximate surface area is 225 Å². The maximum absolute atomic E-state index is 13.7. The van der Waals surface area contributed by atoms with Crippen molar-refractivity contribution in [2.24, 2.45) is 28.6 Å². The van der Waals surface area contributed by atoms with Gasteiger partial charge in [-0.15, -0.1) is 0 Å². The summed E-state index contributed by atoms with van der Waals surface area (Å²) in [7, 11) is 0. The van der Waals surface area contributed by atoms with Gasteiger partial charge in [-0.2, -0.15) is 0 Å². The second kappa shape index (κ2) is 10.5. The maximum Gasteiger partial charge on any atom is 0.333 e. The Morgan fingerprint density at radius 1 is 1.26 bits per heavy atom. The normalized spacial score (nSPS) is 37.4. The van der Waals surface area contributed by atoms with Crippen LogP contribution >= 0.6 is 0 Å². The van der Waals surface area contributed by atoms with E-state index < -0.39 is 58.2 Å². The number of ether oxygens (including phenoxy) is 2. The topological polar surface area (TPSA) is 127 Å². The van der Waals surface area contributed by atoms with Crippen LogP contribution in [-0.4, -0.2) is 58.1 Å². The first-order valence-corrected chi connectivity index (χ1v) is 13.4. The average molecular weight is 531 g/mol. The van der Waals surface area contributed by atoms with E-state index in [9.17, 15) is 29.4 Å². The average Bonchev–Trinajstić information content (AvgIpc) is 3.25. The van der Waals surface area contributed by atoms with Crippen LogP contribution in [-0.2, 0) is 28.7 Å². The predicted molar refractivity (Wildman–Crippen MR) is 141 cm³/mol. The van der Waals surface area contributed by atoms with E-state index in [1.807, 2.05) is 13.8 Å². The van der Waals surface area contributed by atoms with E-state index in [4.69, 9.17) is 9.47 Å². The Bertz CT molecular complexity index is 1090. The first-order chi connectivity index (χ1) is 17.6. The minimum atomic E-state index is -1.83. The Balaban J connectivity index is 2.19. The number of hydrogen-bond acceptors (Lipinski definition) is 8. The number of allylic oxidation sites excluding steroid dienone is 1. The summed E-state index contributed by atoms with van der Waals surface area (Å²) in [5, 5.41) is 22.8. The maximum atomic E-state index is 13.7. The van der Waals surface area contributed by atoms with Crippen LogP contribution in [0.4, 0.5) is 0 Å². The number of cyclic esters (lactones) is 1. The van der Waals surface area contributed by atoms with Gasteiger partial charge in [0.15, 0.2) is 5.78 Å². The summed E-state index contributed by atoms with van der Waals surface area (Å²) < 4.78 is 10.9. The number of fused-ring (bicyclic) bond motifs is 1. The zero-order chi connectivity index (χ0) is 28.8. The number of rotatable bonds is 8. The Morgan fingerprint density at radius 2 is 1.89 bits per heavy atom. The fourth-order valence-corrected chi connectivity index (χ4v) is 6.73. The quantitative estimate of drug-likeness (QED) is 0.277. The number of carbonyl (C=O) groups excluding carboxylic acids is 4. The predicted octanol–water partition coefficient (Wildman–Crippen LogP) is 3.64. The SMILES string of the molecule is C=C1CC[C@@H](C(=O)C(C)CC)[C@H]2[C@@]1(C)[C@@H](O)C(=O)C(=C)[C@]2(C)C[C@@H](OC(=O)/C(C)=C/C)[C@]1(O)COC(=O)C1. The number of esters is 2. The van der Waals surface area contributed by atoms with Crippen molar-refractivity contribution in [2.45, 2.75) is 91.5 Å². The first kappa shape index (κ1) is 30.0. The molecule has 2 aliphatic carbocycles. The molecular weight excluding hydrogens is 488 g/mol. The zero-order valence-corrected chi connectivity index (χ0v) is 23.5. The molecule has 1 saturated heterocycles. The van der Waals surface area contributed by atoms with Crippen molar-refractivity contribution in [3.63, 3.8) is 0 Å². The lowest BCUT2D eigenvalue weighted by Gasteiger charge is -2.61. The van der Waals surface area contributed by atoms with E-state index in [0.717, 1.165) is 0 Å². The van der Waals surface area contributed by atoms with Crippen LogP contribution in [0.25, 0.3) is 0 Å². The van der Waals surface area contributed by atoms with Gasteiger partial charge in [-0.05, 0) is 51.0 Å². The molecule has 0 aromatic rings. The Hall–Kier alpha value is -2.58. The lowest BCUT2D eigenvalue weighted by molar-refractivity contribution is -0.176. The van der Waals surface area contributed by atoms with Crippen molar-refractivity contribution in [1.29, 1.82) is 0 Å². The minimum Gasteiger partial charge on any atom is -0.462 e. The highest BCUT2D eigenvalue weighted by Gasteiger charge is 2.66. The molecule has 1 aliphatic heterocycles. The van der Waals surface area contributed by atoms with Gasteiger partial charge in [0, 0.05) is 28.2 Å². The van der Waals surface area contributed by atoms with E-state index in [-0.39, 0.29) is 36.7 Å². The van der Waals surface area contributed by atoms with E-state index in [1.165, 1.54) is 0 Å². The zero-order valence-electron chi connectivity index (χ0n) is 23.5. The summed E-state index contributed by atoms with van der Waals surface area (Å²) in [5.74, 6) is -3.20. The van der Waals surface area contributed by atoms with Crippen molar-refractivity contribution < 1.29 is 38.9 Å². The molecule has 1 unspecified atom stereocenters. The largest absolute Gasteiger partial charge is 0.462 e. The smallest absolute Gasteiger partial charge is 0.333 e. The standard InChI is InChI=1S/C30H42O8/c1-9-16(3)23(32)20-12-11-18(5)29(8)25(20)28(7,19(6)24(33)26(29)34)13-21(38-27(35)17(4)10-2)30(36)14-22(31)37-15-30/h10,16,20-21,25-26,34,36H,5-6,9,11-15H2,1-4,7-8H3/b17-10+/t16?,20-,21+,25+,26-,28-,29-,30+/m0/s1. The van der Waals surface area contributed by atoms with Crippen molar-refractivity contribution in [2.75, 3.05) is 6.61 Å². The fourth-order valence-electron chi connectivity index (χ4n) is 6.73. The van der Waals surface area contributed by atoms with Gasteiger partial charge in [0.2, 0.25) is 0 Å². The van der Waals surface area contributed by atoms with E-state index in [2.05, 4.69) is 13.2 Å². The van der Waals surface area contributed by atoms with Crippen LogP contribution in [0.5, 0.6) is 0 Å². The molecule has 0 amide bonds. The second-order valence-corrected chi connectivity index (χ2v) is 11.9. The number of hydrogen-bond donors (Lipinski definition) is 2. The summed E-state index contributed by atoms with van der Waals surface area (Å²) in [4.78, 5) is 52.2. The molecule has 0 radical (unpaired) electrons. The number of Topliss-reactive ketones (excluding diaryl/α,β-unsaturated/α-hetero) is 2. The highest BCUT2D eigenvalue weighted by atomic mass is 16.6. The third kappa shape index (κ3) is 4.70. The lowest BCUT2D eigenvalue weighted by Crippen LogP contribution is -2.64. The molecule has 0 spiro atoms. The molecule has 0 aromatic carbocycles. The molecule has 38 heavy (non-hydrogen) atoms. The molecule has 2 saturated carbocycles. The second-order valence-electron chi connectivity index (χ2n) is 11.9. The van der Waals surface area contributed by atoms with Gasteiger partial charge in [-0.25, -0.2) is 4.79 Å². The van der Waals surface area contributed by atoms with Crippen molar-refractivity contribution in [3.05, 3.63) is 36.0 Å². The van der Waals surface area contributed by atoms with Gasteiger partial charge >= 0.3 is 11.9 Å². The van der Waals surface area contributed by atoms with Gasteiger partial charge in [0.05, 0.1) is 6.42 Å². The highest BCUT2D eigenvalue weighted by Crippen LogP contribution is 2.64. The molecular formula is C30H42O8. The number of aliphatic hydroxyl groups is 2. The molecule has 0 aromatic heterocycles. The molecule has 8 heteroatoms. The summed E-state index contributed by atoms with van der Waals surface area (Å²) in [6.45, 7) is 18.5. The molecule has 8 atom stereocenters. The third-order valence-electron chi connectivity index (χ3n) is 9.67. The van der Waals surface area contributed by atoms with Crippen molar-refractivity contribution >= 4 is 23.5 Å². The van der Waals surface area contributed by atoms with Crippen LogP contribution in [0.15, 0.2) is 36.0 Å². The number of aliphatic hydroxyl groups excluding tert-OH is 1. The van der Waals surface area contributed by atoms with E-state index in [1.54, 1.807) is 33.8 Å². The molecule has 0 bridgehead atoms. The molecule has 3 rings (SSSR count). The molecule has 3 aliphatic rings. The van der Waals surface area contributed by atoms with Crippen LogP contribution < -0.4 is 0 Å². The van der Waals surface area contributed by atoms with Crippen molar-refractivity contribution in [3.8, 4) is 0 Å². The summed E-state index contributed by atoms with van der Waals surface area (Å²) in [6.07, 6.45) is 0.0303. The molecule has 1 heterocycles.